The topological polar surface area (TPSA) is 195 Å². The van der Waals surface area contributed by atoms with Crippen molar-refractivity contribution >= 4 is 34.6 Å². The van der Waals surface area contributed by atoms with Gasteiger partial charge in [-0.2, -0.15) is 0 Å². The summed E-state index contributed by atoms with van der Waals surface area (Å²) in [6.07, 6.45) is 6.24. The fourth-order valence-corrected chi connectivity index (χ4v) is 4.62. The highest BCUT2D eigenvalue weighted by molar-refractivity contribution is 5.94. The minimum absolute atomic E-state index is 0.0802. The van der Waals surface area contributed by atoms with Crippen LogP contribution in [0.3, 0.4) is 0 Å². The van der Waals surface area contributed by atoms with E-state index in [0.717, 1.165) is 16.5 Å². The smallest absolute Gasteiger partial charge is 0.326 e. The minimum atomic E-state index is -1.14. The number of aliphatic carboxylic acids is 1. The van der Waals surface area contributed by atoms with Crippen LogP contribution < -0.4 is 21.7 Å². The van der Waals surface area contributed by atoms with E-state index in [2.05, 4.69) is 30.9 Å². The first-order valence-electron chi connectivity index (χ1n) is 14.0. The maximum atomic E-state index is 13.6. The molecule has 0 spiro atoms. The molecule has 3 rings (SSSR count). The average molecular weight is 568 g/mol. The summed E-state index contributed by atoms with van der Waals surface area (Å²) in [7, 11) is 0. The highest BCUT2D eigenvalue weighted by Crippen LogP contribution is 2.19. The summed E-state index contributed by atoms with van der Waals surface area (Å²) in [5.41, 5.74) is 8.67. The molecule has 0 bridgehead atoms. The molecule has 12 heteroatoms. The summed E-state index contributed by atoms with van der Waals surface area (Å²) < 4.78 is 0. The lowest BCUT2D eigenvalue weighted by Gasteiger charge is -2.29. The van der Waals surface area contributed by atoms with Gasteiger partial charge in [0.1, 0.15) is 18.1 Å². The number of benzene rings is 1. The molecule has 0 fully saturated rings. The predicted octanol–water partition coefficient (Wildman–Crippen LogP) is 1.63. The van der Waals surface area contributed by atoms with Crippen molar-refractivity contribution in [2.45, 2.75) is 77.5 Å². The molecule has 3 amide bonds. The number of rotatable bonds is 15. The summed E-state index contributed by atoms with van der Waals surface area (Å²) in [5, 5.41) is 18.7. The Balaban J connectivity index is 1.76. The van der Waals surface area contributed by atoms with Crippen LogP contribution >= 0.6 is 0 Å². The van der Waals surface area contributed by atoms with Gasteiger partial charge in [0.25, 0.3) is 0 Å². The van der Waals surface area contributed by atoms with Gasteiger partial charge in [-0.3, -0.25) is 14.4 Å². The number of hydrogen-bond acceptors (Lipinski definition) is 6. The molecule has 0 aliphatic heterocycles. The van der Waals surface area contributed by atoms with Gasteiger partial charge < -0.3 is 36.8 Å². The van der Waals surface area contributed by atoms with Crippen LogP contribution in [0.5, 0.6) is 0 Å². The molecule has 2 heterocycles. The number of aromatic amines is 2. The molecule has 3 aromatic rings. The van der Waals surface area contributed by atoms with Gasteiger partial charge in [-0.15, -0.1) is 0 Å². The number of aromatic nitrogens is 3. The number of carbonyl (C=O) groups is 4. The molecule has 8 N–H and O–H groups in total. The van der Waals surface area contributed by atoms with Crippen LogP contribution in [-0.2, 0) is 32.0 Å². The Morgan fingerprint density at radius 2 is 1.56 bits per heavy atom. The van der Waals surface area contributed by atoms with Crippen molar-refractivity contribution in [3.8, 4) is 0 Å². The lowest BCUT2D eigenvalue weighted by molar-refractivity contribution is -0.144. The molecule has 0 radical (unpaired) electrons. The van der Waals surface area contributed by atoms with Gasteiger partial charge in [-0.25, -0.2) is 9.78 Å². The highest BCUT2D eigenvalue weighted by atomic mass is 16.4. The number of H-pyrrole nitrogens is 2. The zero-order valence-electron chi connectivity index (χ0n) is 23.9. The highest BCUT2D eigenvalue weighted by Gasteiger charge is 2.34. The van der Waals surface area contributed by atoms with E-state index in [1.807, 2.05) is 44.3 Å². The van der Waals surface area contributed by atoms with E-state index in [0.29, 0.717) is 18.5 Å². The van der Waals surface area contributed by atoms with Gasteiger partial charge in [0.2, 0.25) is 17.7 Å². The molecule has 6 atom stereocenters. The lowest BCUT2D eigenvalue weighted by atomic mass is 9.95. The first-order valence-corrected chi connectivity index (χ1v) is 14.0. The van der Waals surface area contributed by atoms with E-state index < -0.39 is 47.9 Å². The second kappa shape index (κ2) is 14.4. The van der Waals surface area contributed by atoms with Gasteiger partial charge in [-0.1, -0.05) is 58.7 Å². The second-order valence-electron chi connectivity index (χ2n) is 10.6. The number of carbonyl (C=O) groups excluding carboxylic acids is 3. The second-order valence-corrected chi connectivity index (χ2v) is 10.6. The van der Waals surface area contributed by atoms with Crippen LogP contribution in [0, 0.1) is 11.8 Å². The number of nitrogens with one attached hydrogen (secondary N) is 5. The lowest BCUT2D eigenvalue weighted by Crippen LogP contribution is -2.59. The van der Waals surface area contributed by atoms with Crippen molar-refractivity contribution in [3.63, 3.8) is 0 Å². The summed E-state index contributed by atoms with van der Waals surface area (Å²) in [4.78, 5) is 61.9. The molecule has 0 aliphatic carbocycles. The Bertz CT molecular complexity index is 1320. The van der Waals surface area contributed by atoms with E-state index in [1.54, 1.807) is 20.0 Å². The van der Waals surface area contributed by atoms with Crippen LogP contribution in [0.15, 0.2) is 43.0 Å². The van der Waals surface area contributed by atoms with Gasteiger partial charge in [-0.05, 0) is 29.9 Å². The third-order valence-corrected chi connectivity index (χ3v) is 7.63. The van der Waals surface area contributed by atoms with Crippen LogP contribution in [-0.4, -0.2) is 67.9 Å². The van der Waals surface area contributed by atoms with Crippen molar-refractivity contribution in [1.29, 1.82) is 0 Å². The van der Waals surface area contributed by atoms with Crippen LogP contribution in [0.25, 0.3) is 10.9 Å². The van der Waals surface area contributed by atoms with E-state index in [1.165, 1.54) is 6.33 Å². The molecule has 6 unspecified atom stereocenters. The molecule has 0 saturated heterocycles. The maximum absolute atomic E-state index is 13.6. The average Bonchev–Trinajstić information content (AvgIpc) is 3.63. The van der Waals surface area contributed by atoms with E-state index in [4.69, 9.17) is 5.73 Å². The third-order valence-electron chi connectivity index (χ3n) is 7.63. The van der Waals surface area contributed by atoms with E-state index in [9.17, 15) is 24.3 Å². The number of hydrogen-bond donors (Lipinski definition) is 7. The zero-order valence-corrected chi connectivity index (χ0v) is 23.9. The molecule has 12 nitrogen and oxygen atoms in total. The Kier molecular flexibility index (Phi) is 11.0. The first-order chi connectivity index (χ1) is 19.5. The Hall–Kier alpha value is -4.19. The van der Waals surface area contributed by atoms with Crippen molar-refractivity contribution in [2.24, 2.45) is 17.6 Å². The monoisotopic (exact) mass is 567 g/mol. The van der Waals surface area contributed by atoms with Gasteiger partial charge in [0.05, 0.1) is 12.4 Å². The minimum Gasteiger partial charge on any atom is -0.480 e. The normalized spacial score (nSPS) is 15.7. The van der Waals surface area contributed by atoms with Crippen molar-refractivity contribution < 1.29 is 24.3 Å². The molecule has 1 aromatic carbocycles. The number of carboxylic acid groups (broad SMARTS) is 1. The molecular formula is C29H41N7O5. The summed E-state index contributed by atoms with van der Waals surface area (Å²) >= 11 is 0. The number of nitrogens with two attached hydrogens (primary N) is 1. The van der Waals surface area contributed by atoms with Gasteiger partial charge in [0.15, 0.2) is 0 Å². The van der Waals surface area contributed by atoms with Crippen LogP contribution in [0.1, 0.15) is 51.8 Å². The Morgan fingerprint density at radius 3 is 2.20 bits per heavy atom. The van der Waals surface area contributed by atoms with Crippen LogP contribution in [0.4, 0.5) is 0 Å². The number of fused-ring (bicyclic) bond motifs is 1. The number of carboxylic acids is 1. The van der Waals surface area contributed by atoms with Gasteiger partial charge in [0, 0.05) is 35.4 Å². The number of imidazole rings is 1. The summed E-state index contributed by atoms with van der Waals surface area (Å²) in [6, 6.07) is 3.57. The third kappa shape index (κ3) is 8.16. The fraction of sp³-hybridized carbons (Fsp3) is 0.483. The fourth-order valence-electron chi connectivity index (χ4n) is 4.62. The van der Waals surface area contributed by atoms with E-state index in [-0.39, 0.29) is 24.7 Å². The molecule has 222 valence electrons. The molecule has 0 aliphatic rings. The molecule has 41 heavy (non-hydrogen) atoms. The van der Waals surface area contributed by atoms with Crippen LogP contribution in [0.2, 0.25) is 0 Å². The Morgan fingerprint density at radius 1 is 0.902 bits per heavy atom. The quantitative estimate of drug-likeness (QED) is 0.145. The SMILES string of the molecule is CCC(C)C(NC(=O)C(NC(=O)C(Cc1cnc[nH]1)NC(=O)C(N)Cc1c[nH]c2ccccc12)C(C)CC)C(=O)O. The van der Waals surface area contributed by atoms with Crippen molar-refractivity contribution in [3.05, 3.63) is 54.2 Å². The Labute approximate surface area is 239 Å². The molecule has 2 aromatic heterocycles. The number of nitrogens with zero attached hydrogens (tertiary/aromatic N) is 1. The zero-order chi connectivity index (χ0) is 30.1. The number of para-hydroxylation sites is 1. The molecular weight excluding hydrogens is 526 g/mol. The maximum Gasteiger partial charge on any atom is 0.326 e. The standard InChI is InChI=1S/C29H41N7O5/c1-5-16(3)24(28(39)36-25(29(40)41)17(4)6-2)35-27(38)23(12-19-14-31-15-33-19)34-26(37)21(30)11-18-13-32-22-10-8-7-9-20(18)22/h7-10,13-17,21,23-25,32H,5-6,11-12,30H2,1-4H3,(H,31,33)(H,34,37)(H,35,38)(H,36,39)(H,40,41). The van der Waals surface area contributed by atoms with Crippen molar-refractivity contribution in [2.75, 3.05) is 0 Å². The molecule has 0 saturated carbocycles. The first kappa shape index (κ1) is 31.3. The number of amides is 3. The van der Waals surface area contributed by atoms with Gasteiger partial charge >= 0.3 is 5.97 Å². The largest absolute Gasteiger partial charge is 0.480 e. The van der Waals surface area contributed by atoms with Crippen molar-refractivity contribution in [1.82, 2.24) is 30.9 Å². The summed E-state index contributed by atoms with van der Waals surface area (Å²) in [5.74, 6) is -3.47. The van der Waals surface area contributed by atoms with E-state index >= 15 is 0 Å². The summed E-state index contributed by atoms with van der Waals surface area (Å²) in [6.45, 7) is 7.25. The predicted molar refractivity (Wildman–Crippen MR) is 155 cm³/mol.